The Morgan fingerprint density at radius 1 is 0.714 bits per heavy atom. The van der Waals surface area contributed by atoms with Crippen LogP contribution in [0.4, 0.5) is 17.1 Å². The largest absolute Gasteiger partial charge is 0.378 e. The number of anilines is 3. The molecule has 4 heteroatoms. The summed E-state index contributed by atoms with van der Waals surface area (Å²) in [6.45, 7) is 0. The Balaban J connectivity index is 2.59. The molecule has 1 heterocycles. The van der Waals surface area contributed by atoms with Gasteiger partial charge in [-0.15, -0.1) is 0 Å². The molecular weight excluding hydrogens is 260 g/mol. The van der Waals surface area contributed by atoms with E-state index in [2.05, 4.69) is 72.1 Å². The predicted octanol–water partition coefficient (Wildman–Crippen LogP) is 2.95. The van der Waals surface area contributed by atoms with E-state index >= 15 is 0 Å². The van der Waals surface area contributed by atoms with Crippen LogP contribution in [0.3, 0.4) is 0 Å². The lowest BCUT2D eigenvalue weighted by Crippen LogP contribution is -2.13. The van der Waals surface area contributed by atoms with Crippen LogP contribution in [0, 0.1) is 0 Å². The van der Waals surface area contributed by atoms with Crippen molar-refractivity contribution in [2.24, 2.45) is 0 Å². The first kappa shape index (κ1) is 15.2. The van der Waals surface area contributed by atoms with Crippen molar-refractivity contribution in [1.82, 2.24) is 4.98 Å². The zero-order valence-electron chi connectivity index (χ0n) is 13.8. The molecule has 0 aliphatic rings. The number of aromatic nitrogens is 1. The highest BCUT2D eigenvalue weighted by atomic mass is 15.1. The topological polar surface area (TPSA) is 22.6 Å². The summed E-state index contributed by atoms with van der Waals surface area (Å²) >= 11 is 0. The van der Waals surface area contributed by atoms with Crippen molar-refractivity contribution in [3.63, 3.8) is 0 Å². The Labute approximate surface area is 127 Å². The van der Waals surface area contributed by atoms with Crippen molar-refractivity contribution in [3.05, 3.63) is 36.5 Å². The van der Waals surface area contributed by atoms with E-state index < -0.39 is 0 Å². The molecule has 0 atom stereocenters. The summed E-state index contributed by atoms with van der Waals surface area (Å²) in [5.41, 5.74) is 5.64. The van der Waals surface area contributed by atoms with E-state index in [1.54, 1.807) is 0 Å². The van der Waals surface area contributed by atoms with E-state index in [9.17, 15) is 0 Å². The Morgan fingerprint density at radius 3 is 1.90 bits per heavy atom. The number of nitrogens with zero attached hydrogens (tertiary/aromatic N) is 4. The van der Waals surface area contributed by atoms with Crippen molar-refractivity contribution >= 4 is 17.1 Å². The van der Waals surface area contributed by atoms with Gasteiger partial charge < -0.3 is 14.7 Å². The average Bonchev–Trinajstić information content (AvgIpc) is 2.46. The molecule has 112 valence electrons. The maximum absolute atomic E-state index is 4.56. The lowest BCUT2D eigenvalue weighted by Gasteiger charge is -2.21. The van der Waals surface area contributed by atoms with Crippen molar-refractivity contribution in [2.75, 3.05) is 57.0 Å². The standard InChI is InChI=1S/C17H24N4/c1-19(2)13-7-8-17(21(5)6)15(11-13)16-12-14(20(3)4)9-10-18-16/h7-12H,1-6H3. The molecule has 2 aromatic rings. The highest BCUT2D eigenvalue weighted by Crippen LogP contribution is 2.33. The van der Waals surface area contributed by atoms with Crippen LogP contribution < -0.4 is 14.7 Å². The van der Waals surface area contributed by atoms with E-state index in [1.807, 2.05) is 26.4 Å². The van der Waals surface area contributed by atoms with E-state index in [0.717, 1.165) is 16.9 Å². The molecule has 21 heavy (non-hydrogen) atoms. The minimum atomic E-state index is 0.994. The van der Waals surface area contributed by atoms with Crippen LogP contribution in [0.1, 0.15) is 0 Å². The van der Waals surface area contributed by atoms with Gasteiger partial charge in [0.2, 0.25) is 0 Å². The first-order chi connectivity index (χ1) is 9.90. The minimum Gasteiger partial charge on any atom is -0.378 e. The van der Waals surface area contributed by atoms with Gasteiger partial charge in [0.1, 0.15) is 0 Å². The quantitative estimate of drug-likeness (QED) is 0.861. The van der Waals surface area contributed by atoms with E-state index in [1.165, 1.54) is 11.4 Å². The van der Waals surface area contributed by atoms with E-state index in [-0.39, 0.29) is 0 Å². The smallest absolute Gasteiger partial charge is 0.0744 e. The molecule has 0 saturated heterocycles. The molecule has 0 spiro atoms. The minimum absolute atomic E-state index is 0.994. The zero-order chi connectivity index (χ0) is 15.6. The molecule has 0 bridgehead atoms. The summed E-state index contributed by atoms with van der Waals surface area (Å²) in [5, 5.41) is 0. The number of hydrogen-bond acceptors (Lipinski definition) is 4. The highest BCUT2D eigenvalue weighted by Gasteiger charge is 2.11. The SMILES string of the molecule is CN(C)c1ccnc(-c2cc(N(C)C)ccc2N(C)C)c1. The second-order valence-corrected chi connectivity index (χ2v) is 5.78. The summed E-state index contributed by atoms with van der Waals surface area (Å²) in [7, 11) is 12.3. The zero-order valence-corrected chi connectivity index (χ0v) is 13.8. The number of benzene rings is 1. The molecule has 1 aromatic heterocycles. The Kier molecular flexibility index (Phi) is 4.36. The van der Waals surface area contributed by atoms with Crippen molar-refractivity contribution < 1.29 is 0 Å². The Hall–Kier alpha value is -2.23. The van der Waals surface area contributed by atoms with Gasteiger partial charge in [0.15, 0.2) is 0 Å². The Morgan fingerprint density at radius 2 is 1.33 bits per heavy atom. The van der Waals surface area contributed by atoms with Crippen LogP contribution >= 0.6 is 0 Å². The molecule has 1 aromatic carbocycles. The maximum atomic E-state index is 4.56. The summed E-state index contributed by atoms with van der Waals surface area (Å²) in [4.78, 5) is 10.9. The molecule has 4 nitrogen and oxygen atoms in total. The molecule has 0 N–H and O–H groups in total. The van der Waals surface area contributed by atoms with E-state index in [0.29, 0.717) is 0 Å². The molecule has 0 fully saturated rings. The van der Waals surface area contributed by atoms with Crippen LogP contribution in [0.2, 0.25) is 0 Å². The molecule has 2 rings (SSSR count). The summed E-state index contributed by atoms with van der Waals surface area (Å²) in [6.07, 6.45) is 1.87. The fourth-order valence-electron chi connectivity index (χ4n) is 2.24. The number of pyridine rings is 1. The van der Waals surface area contributed by atoms with Gasteiger partial charge in [0.05, 0.1) is 5.69 Å². The van der Waals surface area contributed by atoms with Crippen LogP contribution in [0.25, 0.3) is 11.3 Å². The Bertz CT molecular complexity index is 618. The number of rotatable bonds is 4. The van der Waals surface area contributed by atoms with Crippen LogP contribution in [0.5, 0.6) is 0 Å². The third kappa shape index (κ3) is 3.27. The lowest BCUT2D eigenvalue weighted by molar-refractivity contribution is 1.10. The molecule has 0 radical (unpaired) electrons. The summed E-state index contributed by atoms with van der Waals surface area (Å²) in [6, 6.07) is 10.6. The molecule has 0 unspecified atom stereocenters. The fourth-order valence-corrected chi connectivity index (χ4v) is 2.24. The van der Waals surface area contributed by atoms with Gasteiger partial charge in [-0.3, -0.25) is 4.98 Å². The molecule has 0 aliphatic carbocycles. The molecule has 0 saturated carbocycles. The number of hydrogen-bond donors (Lipinski definition) is 0. The van der Waals surface area contributed by atoms with Gasteiger partial charge >= 0.3 is 0 Å². The summed E-state index contributed by atoms with van der Waals surface area (Å²) in [5.74, 6) is 0. The van der Waals surface area contributed by atoms with Gasteiger partial charge in [-0.1, -0.05) is 0 Å². The fraction of sp³-hybridized carbons (Fsp3) is 0.353. The van der Waals surface area contributed by atoms with Gasteiger partial charge in [0.25, 0.3) is 0 Å². The molecular formula is C17H24N4. The first-order valence-electron chi connectivity index (χ1n) is 7.02. The van der Waals surface area contributed by atoms with Gasteiger partial charge in [-0.25, -0.2) is 0 Å². The maximum Gasteiger partial charge on any atom is 0.0744 e. The van der Waals surface area contributed by atoms with Crippen LogP contribution in [-0.4, -0.2) is 47.3 Å². The van der Waals surface area contributed by atoms with Crippen molar-refractivity contribution in [3.8, 4) is 11.3 Å². The van der Waals surface area contributed by atoms with Crippen molar-refractivity contribution in [2.45, 2.75) is 0 Å². The van der Waals surface area contributed by atoms with Crippen molar-refractivity contribution in [1.29, 1.82) is 0 Å². The normalized spacial score (nSPS) is 10.4. The third-order valence-electron chi connectivity index (χ3n) is 3.51. The average molecular weight is 284 g/mol. The predicted molar refractivity (Wildman–Crippen MR) is 92.7 cm³/mol. The van der Waals surface area contributed by atoms with Gasteiger partial charge in [0, 0.05) is 71.1 Å². The monoisotopic (exact) mass is 284 g/mol. The second kappa shape index (κ2) is 6.04. The first-order valence-corrected chi connectivity index (χ1v) is 7.02. The van der Waals surface area contributed by atoms with E-state index in [4.69, 9.17) is 0 Å². The molecule has 0 aliphatic heterocycles. The lowest BCUT2D eigenvalue weighted by atomic mass is 10.1. The summed E-state index contributed by atoms with van der Waals surface area (Å²) < 4.78 is 0. The van der Waals surface area contributed by atoms with Gasteiger partial charge in [-0.05, 0) is 30.3 Å². The molecule has 0 amide bonds. The van der Waals surface area contributed by atoms with Crippen LogP contribution in [-0.2, 0) is 0 Å². The third-order valence-corrected chi connectivity index (χ3v) is 3.51. The second-order valence-electron chi connectivity index (χ2n) is 5.78. The highest BCUT2D eigenvalue weighted by molar-refractivity contribution is 5.81. The van der Waals surface area contributed by atoms with Crippen LogP contribution in [0.15, 0.2) is 36.5 Å². The van der Waals surface area contributed by atoms with Gasteiger partial charge in [-0.2, -0.15) is 0 Å².